The second kappa shape index (κ2) is 10.2. The first-order valence-corrected chi connectivity index (χ1v) is 13.3. The van der Waals surface area contributed by atoms with Crippen molar-refractivity contribution in [2.45, 2.75) is 45.1 Å². The third kappa shape index (κ3) is 4.73. The van der Waals surface area contributed by atoms with E-state index in [1.807, 2.05) is 13.8 Å². The van der Waals surface area contributed by atoms with Gasteiger partial charge in [-0.1, -0.05) is 20.8 Å². The fourth-order valence-electron chi connectivity index (χ4n) is 4.15. The Hall–Kier alpha value is -2.76. The summed E-state index contributed by atoms with van der Waals surface area (Å²) in [6.45, 7) is 10.4. The maximum absolute atomic E-state index is 13.4. The molecule has 0 aliphatic carbocycles. The average Bonchev–Trinajstić information content (AvgIpc) is 3.26. The van der Waals surface area contributed by atoms with Crippen molar-refractivity contribution in [3.63, 3.8) is 0 Å². The van der Waals surface area contributed by atoms with Crippen molar-refractivity contribution in [3.05, 3.63) is 34.9 Å². The lowest BCUT2D eigenvalue weighted by Crippen LogP contribution is -2.48. The molecule has 1 fully saturated rings. The Labute approximate surface area is 199 Å². The molecule has 11 heteroatoms. The van der Waals surface area contributed by atoms with Gasteiger partial charge in [0, 0.05) is 32.7 Å². The maximum Gasteiger partial charge on any atom is 0.277 e. The van der Waals surface area contributed by atoms with Crippen molar-refractivity contribution in [2.24, 2.45) is 0 Å². The Kier molecular flexibility index (Phi) is 7.34. The molecule has 0 saturated carbocycles. The van der Waals surface area contributed by atoms with E-state index in [1.165, 1.54) is 4.31 Å². The van der Waals surface area contributed by atoms with Crippen LogP contribution in [0.25, 0.3) is 22.6 Å². The summed E-state index contributed by atoms with van der Waals surface area (Å²) in [5.41, 5.74) is 0.818. The van der Waals surface area contributed by atoms with Gasteiger partial charge in [-0.3, -0.25) is 4.79 Å². The number of likely N-dealkylation sites (N-methyl/N-ethyl adjacent to an activating group) is 1. The van der Waals surface area contributed by atoms with Crippen LogP contribution in [-0.2, 0) is 16.6 Å². The number of H-pyrrole nitrogens is 1. The van der Waals surface area contributed by atoms with E-state index in [4.69, 9.17) is 4.74 Å². The lowest BCUT2D eigenvalue weighted by molar-refractivity contribution is 0.196. The number of aromatic amines is 1. The van der Waals surface area contributed by atoms with E-state index in [0.717, 1.165) is 19.4 Å². The molecule has 0 spiro atoms. The van der Waals surface area contributed by atoms with Gasteiger partial charge in [0.1, 0.15) is 11.6 Å². The Morgan fingerprint density at radius 1 is 1.09 bits per heavy atom. The number of rotatable bonds is 9. The van der Waals surface area contributed by atoms with Crippen LogP contribution < -0.4 is 10.3 Å². The van der Waals surface area contributed by atoms with E-state index < -0.39 is 10.0 Å². The van der Waals surface area contributed by atoms with Gasteiger partial charge >= 0.3 is 0 Å². The summed E-state index contributed by atoms with van der Waals surface area (Å²) in [5.74, 6) is 0.699. The minimum Gasteiger partial charge on any atom is -0.493 e. The number of hydrogen-bond donors (Lipinski definition) is 1. The standard InChI is InChI=1S/C23H32N6O4S/c1-4-9-28-16-24-22-20(28)23(30)26-21(25-22)18-15-17(7-8-19(18)33-14-5-2)34(31,32)29-12-10-27(6-3)11-13-29/h7-8,15-16H,4-6,9-14H2,1-3H3,(H,25,26,30). The number of ether oxygens (including phenoxy) is 1. The third-order valence-electron chi connectivity index (χ3n) is 6.03. The second-order valence-corrected chi connectivity index (χ2v) is 10.3. The summed E-state index contributed by atoms with van der Waals surface area (Å²) in [7, 11) is -3.71. The predicted molar refractivity (Wildman–Crippen MR) is 131 cm³/mol. The van der Waals surface area contributed by atoms with Crippen LogP contribution in [-0.4, -0.2) is 76.5 Å². The molecule has 1 N–H and O–H groups in total. The molecular formula is C23H32N6O4S. The molecule has 3 heterocycles. The number of fused-ring (bicyclic) bond motifs is 1. The molecule has 1 aliphatic heterocycles. The number of imidazole rings is 1. The fraction of sp³-hybridized carbons (Fsp3) is 0.522. The van der Waals surface area contributed by atoms with Crippen LogP contribution >= 0.6 is 0 Å². The largest absolute Gasteiger partial charge is 0.493 e. The molecule has 184 valence electrons. The highest BCUT2D eigenvalue weighted by Gasteiger charge is 2.29. The van der Waals surface area contributed by atoms with Gasteiger partial charge in [-0.25, -0.2) is 18.4 Å². The third-order valence-corrected chi connectivity index (χ3v) is 7.93. The topological polar surface area (TPSA) is 113 Å². The van der Waals surface area contributed by atoms with E-state index in [-0.39, 0.29) is 16.3 Å². The van der Waals surface area contributed by atoms with Crippen LogP contribution in [0.4, 0.5) is 0 Å². The van der Waals surface area contributed by atoms with Crippen molar-refractivity contribution in [1.29, 1.82) is 0 Å². The van der Waals surface area contributed by atoms with Gasteiger partial charge in [0.05, 0.1) is 23.4 Å². The Bertz CT molecular complexity index is 1310. The van der Waals surface area contributed by atoms with Crippen molar-refractivity contribution in [3.8, 4) is 17.1 Å². The first-order valence-electron chi connectivity index (χ1n) is 11.8. The number of nitrogens with one attached hydrogen (secondary N) is 1. The number of piperazine rings is 1. The summed E-state index contributed by atoms with van der Waals surface area (Å²) in [4.78, 5) is 27.0. The first kappa shape index (κ1) is 24.4. The van der Waals surface area contributed by atoms with Gasteiger partial charge in [0.25, 0.3) is 5.56 Å². The highest BCUT2D eigenvalue weighted by molar-refractivity contribution is 7.89. The van der Waals surface area contributed by atoms with Gasteiger partial charge in [0.2, 0.25) is 10.0 Å². The Morgan fingerprint density at radius 2 is 1.85 bits per heavy atom. The number of hydrogen-bond acceptors (Lipinski definition) is 7. The molecule has 0 radical (unpaired) electrons. The summed E-state index contributed by atoms with van der Waals surface area (Å²) < 4.78 is 36.0. The zero-order valence-electron chi connectivity index (χ0n) is 20.0. The van der Waals surface area contributed by atoms with Crippen LogP contribution in [0.2, 0.25) is 0 Å². The van der Waals surface area contributed by atoms with Gasteiger partial charge in [-0.15, -0.1) is 0 Å². The fourth-order valence-corrected chi connectivity index (χ4v) is 5.60. The lowest BCUT2D eigenvalue weighted by Gasteiger charge is -2.33. The van der Waals surface area contributed by atoms with Crippen molar-refractivity contribution >= 4 is 21.2 Å². The van der Waals surface area contributed by atoms with Crippen molar-refractivity contribution < 1.29 is 13.2 Å². The van der Waals surface area contributed by atoms with Crippen LogP contribution in [0.15, 0.2) is 34.2 Å². The molecule has 0 unspecified atom stereocenters. The van der Waals surface area contributed by atoms with Gasteiger partial charge < -0.3 is 19.2 Å². The minimum atomic E-state index is -3.71. The summed E-state index contributed by atoms with van der Waals surface area (Å²) in [6.07, 6.45) is 3.24. The van der Waals surface area contributed by atoms with Gasteiger partial charge in [-0.2, -0.15) is 4.31 Å². The summed E-state index contributed by atoms with van der Waals surface area (Å²) in [6, 6.07) is 4.74. The lowest BCUT2D eigenvalue weighted by atomic mass is 10.2. The number of sulfonamides is 1. The number of nitrogens with zero attached hydrogens (tertiary/aromatic N) is 5. The normalized spacial score (nSPS) is 15.7. The first-order chi connectivity index (χ1) is 16.4. The van der Waals surface area contributed by atoms with Gasteiger partial charge in [-0.05, 0) is 37.6 Å². The zero-order chi connectivity index (χ0) is 24.3. The molecule has 1 aliphatic rings. The van der Waals surface area contributed by atoms with Crippen LogP contribution in [0, 0.1) is 0 Å². The van der Waals surface area contributed by atoms with E-state index >= 15 is 0 Å². The molecule has 0 amide bonds. The zero-order valence-corrected chi connectivity index (χ0v) is 20.8. The van der Waals surface area contributed by atoms with Crippen molar-refractivity contribution in [2.75, 3.05) is 39.3 Å². The maximum atomic E-state index is 13.4. The van der Waals surface area contributed by atoms with E-state index in [2.05, 4.69) is 26.8 Å². The number of benzene rings is 1. The summed E-state index contributed by atoms with van der Waals surface area (Å²) in [5, 5.41) is 0. The summed E-state index contributed by atoms with van der Waals surface area (Å²) >= 11 is 0. The van der Waals surface area contributed by atoms with E-state index in [1.54, 1.807) is 29.1 Å². The number of aryl methyl sites for hydroxylation is 1. The number of aromatic nitrogens is 4. The predicted octanol–water partition coefficient (Wildman–Crippen LogP) is 2.31. The molecule has 0 atom stereocenters. The smallest absolute Gasteiger partial charge is 0.277 e. The van der Waals surface area contributed by atoms with Crippen LogP contribution in [0.3, 0.4) is 0 Å². The Balaban J connectivity index is 1.77. The molecular weight excluding hydrogens is 456 g/mol. The SMILES string of the molecule is CCCOc1ccc(S(=O)(=O)N2CCN(CC)CC2)cc1-c1nc2ncn(CCC)c2c(=O)[nH]1. The monoisotopic (exact) mass is 488 g/mol. The molecule has 1 saturated heterocycles. The molecule has 34 heavy (non-hydrogen) atoms. The quantitative estimate of drug-likeness (QED) is 0.492. The van der Waals surface area contributed by atoms with Crippen LogP contribution in [0.5, 0.6) is 5.75 Å². The second-order valence-electron chi connectivity index (χ2n) is 8.37. The highest BCUT2D eigenvalue weighted by Crippen LogP contribution is 2.32. The average molecular weight is 489 g/mol. The molecule has 4 rings (SSSR count). The van der Waals surface area contributed by atoms with E-state index in [9.17, 15) is 13.2 Å². The molecule has 0 bridgehead atoms. The van der Waals surface area contributed by atoms with Gasteiger partial charge in [0.15, 0.2) is 11.2 Å². The minimum absolute atomic E-state index is 0.149. The van der Waals surface area contributed by atoms with Crippen molar-refractivity contribution in [1.82, 2.24) is 28.7 Å². The Morgan fingerprint density at radius 3 is 2.53 bits per heavy atom. The molecule has 1 aromatic carbocycles. The highest BCUT2D eigenvalue weighted by atomic mass is 32.2. The molecule has 3 aromatic rings. The molecule has 2 aromatic heterocycles. The van der Waals surface area contributed by atoms with Crippen LogP contribution in [0.1, 0.15) is 33.6 Å². The molecule has 10 nitrogen and oxygen atoms in total. The van der Waals surface area contributed by atoms with E-state index in [0.29, 0.717) is 61.8 Å².